The second kappa shape index (κ2) is 3.37. The first kappa shape index (κ1) is 9.45. The van der Waals surface area contributed by atoms with Crippen LogP contribution in [0.15, 0.2) is 16.7 Å². The molecule has 0 spiro atoms. The van der Waals surface area contributed by atoms with E-state index in [1.807, 2.05) is 6.07 Å². The predicted molar refractivity (Wildman–Crippen MR) is 67.6 cm³/mol. The lowest BCUT2D eigenvalue weighted by Crippen LogP contribution is -1.92. The number of nitrogen functional groups attached to an aromatic ring is 1. The third-order valence-corrected chi connectivity index (χ3v) is 4.08. The SMILES string of the molecule is Nc1noc2c(I)c(CC3CC3)ccc12. The van der Waals surface area contributed by atoms with Crippen LogP contribution in [0.3, 0.4) is 0 Å². The maximum absolute atomic E-state index is 5.70. The van der Waals surface area contributed by atoms with Crippen molar-refractivity contribution in [3.63, 3.8) is 0 Å². The Morgan fingerprint density at radius 3 is 3.00 bits per heavy atom. The maximum atomic E-state index is 5.70. The minimum absolute atomic E-state index is 0.487. The highest BCUT2D eigenvalue weighted by Gasteiger charge is 2.23. The van der Waals surface area contributed by atoms with Gasteiger partial charge in [0.15, 0.2) is 11.4 Å². The number of nitrogens with two attached hydrogens (primary N) is 1. The first-order valence-electron chi connectivity index (χ1n) is 5.08. The summed E-state index contributed by atoms with van der Waals surface area (Å²) in [5.41, 5.74) is 7.90. The lowest BCUT2D eigenvalue weighted by molar-refractivity contribution is 0.458. The zero-order chi connectivity index (χ0) is 10.4. The average Bonchev–Trinajstić information content (AvgIpc) is 2.95. The van der Waals surface area contributed by atoms with E-state index in [2.05, 4.69) is 33.8 Å². The van der Waals surface area contributed by atoms with E-state index in [-0.39, 0.29) is 0 Å². The van der Waals surface area contributed by atoms with E-state index in [4.69, 9.17) is 10.3 Å². The van der Waals surface area contributed by atoms with Crippen LogP contribution in [-0.4, -0.2) is 5.16 Å². The fourth-order valence-electron chi connectivity index (χ4n) is 1.82. The van der Waals surface area contributed by atoms with Gasteiger partial charge < -0.3 is 10.3 Å². The van der Waals surface area contributed by atoms with Crippen molar-refractivity contribution in [1.29, 1.82) is 0 Å². The normalized spacial score (nSPS) is 16.1. The van der Waals surface area contributed by atoms with Crippen molar-refractivity contribution in [1.82, 2.24) is 5.16 Å². The molecule has 1 heterocycles. The molecular weight excluding hydrogens is 303 g/mol. The Hall–Kier alpha value is -0.780. The molecule has 4 heteroatoms. The molecule has 0 radical (unpaired) electrons. The Labute approximate surface area is 101 Å². The van der Waals surface area contributed by atoms with Gasteiger partial charge in [-0.05, 0) is 59.4 Å². The second-order valence-electron chi connectivity index (χ2n) is 4.13. The standard InChI is InChI=1S/C11H11IN2O/c12-9-7(5-6-1-2-6)3-4-8-10(9)15-14-11(8)13/h3-4,6H,1-2,5H2,(H2,13,14). The fourth-order valence-corrected chi connectivity index (χ4v) is 2.61. The average molecular weight is 314 g/mol. The van der Waals surface area contributed by atoms with Gasteiger partial charge in [-0.2, -0.15) is 0 Å². The molecule has 0 saturated heterocycles. The van der Waals surface area contributed by atoms with Crippen molar-refractivity contribution in [3.8, 4) is 0 Å². The molecule has 1 aromatic carbocycles. The van der Waals surface area contributed by atoms with Crippen LogP contribution < -0.4 is 5.73 Å². The lowest BCUT2D eigenvalue weighted by atomic mass is 10.1. The summed E-state index contributed by atoms with van der Waals surface area (Å²) in [6.45, 7) is 0. The van der Waals surface area contributed by atoms with E-state index >= 15 is 0 Å². The van der Waals surface area contributed by atoms with Crippen molar-refractivity contribution in [3.05, 3.63) is 21.3 Å². The number of aromatic nitrogens is 1. The summed E-state index contributed by atoms with van der Waals surface area (Å²) in [4.78, 5) is 0. The molecule has 15 heavy (non-hydrogen) atoms. The van der Waals surface area contributed by atoms with Gasteiger partial charge in [-0.25, -0.2) is 0 Å². The van der Waals surface area contributed by atoms with Crippen LogP contribution in [0.4, 0.5) is 5.82 Å². The molecule has 0 unspecified atom stereocenters. The van der Waals surface area contributed by atoms with Crippen LogP contribution in [-0.2, 0) is 6.42 Å². The topological polar surface area (TPSA) is 52.0 Å². The maximum Gasteiger partial charge on any atom is 0.182 e. The monoisotopic (exact) mass is 314 g/mol. The molecule has 0 amide bonds. The Kier molecular flexibility index (Phi) is 2.12. The summed E-state index contributed by atoms with van der Waals surface area (Å²) in [7, 11) is 0. The largest absolute Gasteiger partial charge is 0.380 e. The summed E-state index contributed by atoms with van der Waals surface area (Å²) in [5, 5.41) is 4.72. The lowest BCUT2D eigenvalue weighted by Gasteiger charge is -2.02. The molecule has 1 saturated carbocycles. The Balaban J connectivity index is 2.11. The second-order valence-corrected chi connectivity index (χ2v) is 5.21. The number of hydrogen-bond donors (Lipinski definition) is 1. The summed E-state index contributed by atoms with van der Waals surface area (Å²) < 4.78 is 6.41. The van der Waals surface area contributed by atoms with E-state index < -0.39 is 0 Å². The van der Waals surface area contributed by atoms with Crippen LogP contribution in [0.25, 0.3) is 11.0 Å². The molecule has 2 N–H and O–H groups in total. The summed E-state index contributed by atoms with van der Waals surface area (Å²) >= 11 is 2.32. The molecule has 2 aromatic rings. The van der Waals surface area contributed by atoms with E-state index in [1.54, 1.807) is 0 Å². The number of hydrogen-bond acceptors (Lipinski definition) is 3. The third-order valence-electron chi connectivity index (χ3n) is 2.89. The van der Waals surface area contributed by atoms with Gasteiger partial charge in [-0.15, -0.1) is 0 Å². The van der Waals surface area contributed by atoms with Gasteiger partial charge in [-0.1, -0.05) is 11.2 Å². The smallest absolute Gasteiger partial charge is 0.182 e. The summed E-state index contributed by atoms with van der Waals surface area (Å²) in [6, 6.07) is 4.16. The number of halogens is 1. The van der Waals surface area contributed by atoms with E-state index in [0.717, 1.165) is 23.3 Å². The van der Waals surface area contributed by atoms with Crippen molar-refractivity contribution in [2.45, 2.75) is 19.3 Å². The van der Waals surface area contributed by atoms with Crippen molar-refractivity contribution in [2.75, 3.05) is 5.73 Å². The van der Waals surface area contributed by atoms with Gasteiger partial charge in [-0.3, -0.25) is 0 Å². The Bertz CT molecular complexity index is 517. The quantitative estimate of drug-likeness (QED) is 0.867. The van der Waals surface area contributed by atoms with Gasteiger partial charge in [0.2, 0.25) is 0 Å². The van der Waals surface area contributed by atoms with Crippen molar-refractivity contribution >= 4 is 39.4 Å². The van der Waals surface area contributed by atoms with E-state index in [0.29, 0.717) is 5.82 Å². The Morgan fingerprint density at radius 2 is 2.27 bits per heavy atom. The van der Waals surface area contributed by atoms with Crippen LogP contribution >= 0.6 is 22.6 Å². The molecule has 0 atom stereocenters. The minimum atomic E-state index is 0.487. The highest BCUT2D eigenvalue weighted by atomic mass is 127. The zero-order valence-electron chi connectivity index (χ0n) is 8.16. The predicted octanol–water partition coefficient (Wildman–Crippen LogP) is 2.97. The molecule has 1 aromatic heterocycles. The molecule has 78 valence electrons. The summed E-state index contributed by atoms with van der Waals surface area (Å²) in [6.07, 6.45) is 3.90. The number of rotatable bonds is 2. The van der Waals surface area contributed by atoms with E-state index in [1.165, 1.54) is 22.0 Å². The van der Waals surface area contributed by atoms with Gasteiger partial charge in [0, 0.05) is 0 Å². The highest BCUT2D eigenvalue weighted by Crippen LogP contribution is 2.36. The molecule has 0 aliphatic heterocycles. The number of nitrogens with zero attached hydrogens (tertiary/aromatic N) is 1. The first-order valence-corrected chi connectivity index (χ1v) is 6.16. The molecule has 3 rings (SSSR count). The number of benzene rings is 1. The molecular formula is C11H11IN2O. The van der Waals surface area contributed by atoms with Crippen molar-refractivity contribution in [2.24, 2.45) is 5.92 Å². The summed E-state index contributed by atoms with van der Waals surface area (Å²) in [5.74, 6) is 1.37. The van der Waals surface area contributed by atoms with E-state index in [9.17, 15) is 0 Å². The van der Waals surface area contributed by atoms with Gasteiger partial charge in [0.1, 0.15) is 0 Å². The number of fused-ring (bicyclic) bond motifs is 1. The zero-order valence-corrected chi connectivity index (χ0v) is 10.3. The molecule has 3 nitrogen and oxygen atoms in total. The van der Waals surface area contributed by atoms with Crippen LogP contribution in [0.5, 0.6) is 0 Å². The van der Waals surface area contributed by atoms with Crippen LogP contribution in [0, 0.1) is 9.49 Å². The van der Waals surface area contributed by atoms with Gasteiger partial charge >= 0.3 is 0 Å². The van der Waals surface area contributed by atoms with Crippen molar-refractivity contribution < 1.29 is 4.52 Å². The number of anilines is 1. The van der Waals surface area contributed by atoms with Crippen LogP contribution in [0.2, 0.25) is 0 Å². The van der Waals surface area contributed by atoms with Crippen LogP contribution in [0.1, 0.15) is 18.4 Å². The molecule has 1 fully saturated rings. The Morgan fingerprint density at radius 1 is 1.47 bits per heavy atom. The molecule has 1 aliphatic rings. The first-order chi connectivity index (χ1) is 7.25. The van der Waals surface area contributed by atoms with Gasteiger partial charge in [0.05, 0.1) is 8.96 Å². The molecule has 0 bridgehead atoms. The minimum Gasteiger partial charge on any atom is -0.380 e. The fraction of sp³-hybridized carbons (Fsp3) is 0.364. The highest BCUT2D eigenvalue weighted by molar-refractivity contribution is 14.1. The van der Waals surface area contributed by atoms with Gasteiger partial charge in [0.25, 0.3) is 0 Å². The molecule has 1 aliphatic carbocycles. The third kappa shape index (κ3) is 1.60.